The number of carbonyl (C=O) groups is 2. The first-order valence-electron chi connectivity index (χ1n) is 13.6. The lowest BCUT2D eigenvalue weighted by atomic mass is 9.71. The van der Waals surface area contributed by atoms with Gasteiger partial charge in [-0.3, -0.25) is 4.79 Å². The molecule has 2 aliphatic rings. The zero-order valence-electron chi connectivity index (χ0n) is 22.3. The van der Waals surface area contributed by atoms with E-state index in [1.54, 1.807) is 50.4 Å². The highest BCUT2D eigenvalue weighted by atomic mass is 16.6. The Morgan fingerprint density at radius 3 is 2.44 bits per heavy atom. The fourth-order valence-electron chi connectivity index (χ4n) is 5.88. The minimum atomic E-state index is -1.40. The van der Waals surface area contributed by atoms with Crippen LogP contribution in [0.15, 0.2) is 54.6 Å². The van der Waals surface area contributed by atoms with Crippen molar-refractivity contribution >= 4 is 12.0 Å². The number of fused-ring (bicyclic) bond motifs is 2. The first-order chi connectivity index (χ1) is 18.3. The highest BCUT2D eigenvalue weighted by Gasteiger charge is 2.40. The molecule has 6 unspecified atom stereocenters. The number of carbonyl (C=O) groups excluding carboxylic acids is 2. The second-order valence-electron chi connectivity index (χ2n) is 10.9. The maximum Gasteiger partial charge on any atom is 0.408 e. The summed E-state index contributed by atoms with van der Waals surface area (Å²) < 4.78 is 11.1. The summed E-state index contributed by atoms with van der Waals surface area (Å²) in [5.74, 6) is 1.26. The number of amides is 2. The number of benzene rings is 2. The van der Waals surface area contributed by atoms with Crippen molar-refractivity contribution in [3.05, 3.63) is 65.7 Å². The van der Waals surface area contributed by atoms with Gasteiger partial charge in [-0.2, -0.15) is 0 Å². The Morgan fingerprint density at radius 1 is 1.05 bits per heavy atom. The van der Waals surface area contributed by atoms with Crippen molar-refractivity contribution < 1.29 is 29.3 Å². The van der Waals surface area contributed by atoms with Crippen LogP contribution in [-0.4, -0.2) is 53.6 Å². The molecule has 2 amide bonds. The van der Waals surface area contributed by atoms with Gasteiger partial charge in [-0.1, -0.05) is 62.7 Å². The summed E-state index contributed by atoms with van der Waals surface area (Å²) in [6.45, 7) is 1.16. The van der Waals surface area contributed by atoms with E-state index in [0.29, 0.717) is 17.2 Å². The van der Waals surface area contributed by atoms with Gasteiger partial charge in [0.1, 0.15) is 23.5 Å². The first-order valence-corrected chi connectivity index (χ1v) is 13.6. The van der Waals surface area contributed by atoms with Gasteiger partial charge in [0.2, 0.25) is 5.91 Å². The highest BCUT2D eigenvalue weighted by molar-refractivity contribution is 5.90. The topological polar surface area (TPSA) is 117 Å². The molecule has 8 nitrogen and oxygen atoms in total. The maximum absolute atomic E-state index is 13.7. The Balaban J connectivity index is 0.00000420. The Labute approximate surface area is 232 Å². The molecule has 214 valence electrons. The van der Waals surface area contributed by atoms with Gasteiger partial charge in [0.05, 0.1) is 19.8 Å². The molecule has 0 aromatic heterocycles. The summed E-state index contributed by atoms with van der Waals surface area (Å²) in [4.78, 5) is 26.8. The third kappa shape index (κ3) is 7.73. The number of hydrogen-bond donors (Lipinski definition) is 4. The van der Waals surface area contributed by atoms with Crippen LogP contribution >= 0.6 is 0 Å². The fourth-order valence-corrected chi connectivity index (χ4v) is 5.88. The smallest absolute Gasteiger partial charge is 0.408 e. The Morgan fingerprint density at radius 2 is 1.77 bits per heavy atom. The van der Waals surface area contributed by atoms with Crippen LogP contribution in [0.3, 0.4) is 0 Å². The molecule has 0 saturated heterocycles. The van der Waals surface area contributed by atoms with E-state index in [9.17, 15) is 19.8 Å². The number of aliphatic hydroxyl groups is 2. The lowest BCUT2D eigenvalue weighted by Gasteiger charge is -2.40. The summed E-state index contributed by atoms with van der Waals surface area (Å²) in [6.07, 6.45) is 4.77. The largest absolute Gasteiger partial charge is 0.497 e. The quantitative estimate of drug-likeness (QED) is 0.352. The minimum absolute atomic E-state index is 0. The van der Waals surface area contributed by atoms with Crippen molar-refractivity contribution in [3.63, 3.8) is 0 Å². The summed E-state index contributed by atoms with van der Waals surface area (Å²) in [7, 11) is 1.58. The van der Waals surface area contributed by atoms with Gasteiger partial charge in [0.25, 0.3) is 0 Å². The van der Waals surface area contributed by atoms with Crippen LogP contribution in [-0.2, 0) is 16.0 Å². The Kier molecular flexibility index (Phi) is 10.8. The van der Waals surface area contributed by atoms with Crippen LogP contribution in [0.1, 0.15) is 70.1 Å². The van der Waals surface area contributed by atoms with Crippen LogP contribution in [0, 0.1) is 11.8 Å². The van der Waals surface area contributed by atoms with Gasteiger partial charge >= 0.3 is 6.09 Å². The number of nitrogens with one attached hydrogen (secondary N) is 2. The first kappa shape index (κ1) is 30.4. The normalized spacial score (nSPS) is 23.2. The Bertz CT molecular complexity index is 1060. The number of alkyl carbamates (subject to hydrolysis) is 1. The van der Waals surface area contributed by atoms with Crippen molar-refractivity contribution in [3.8, 4) is 5.75 Å². The van der Waals surface area contributed by atoms with Crippen molar-refractivity contribution in [2.45, 2.75) is 83.1 Å². The van der Waals surface area contributed by atoms with Gasteiger partial charge < -0.3 is 30.3 Å². The molecule has 4 rings (SSSR count). The van der Waals surface area contributed by atoms with E-state index in [1.165, 1.54) is 12.8 Å². The van der Waals surface area contributed by atoms with E-state index in [2.05, 4.69) is 10.6 Å². The SMILES string of the molecule is C.COc1ccc(CC(C)(NC(=O)OC2CCC3CCCC2C3)C(=O)NC(CO)C(O)c2ccccc2)cc1. The Hall–Kier alpha value is -3.10. The van der Waals surface area contributed by atoms with Crippen molar-refractivity contribution in [2.24, 2.45) is 11.8 Å². The van der Waals surface area contributed by atoms with Gasteiger partial charge in [-0.05, 0) is 67.7 Å². The number of ether oxygens (including phenoxy) is 2. The molecular formula is C31H44N2O6. The van der Waals surface area contributed by atoms with Crippen LogP contribution in [0.25, 0.3) is 0 Å². The van der Waals surface area contributed by atoms with E-state index in [1.807, 2.05) is 18.2 Å². The second kappa shape index (κ2) is 13.8. The molecule has 2 bridgehead atoms. The molecular weight excluding hydrogens is 496 g/mol. The summed E-state index contributed by atoms with van der Waals surface area (Å²) in [5, 5.41) is 26.4. The monoisotopic (exact) mass is 540 g/mol. The zero-order valence-corrected chi connectivity index (χ0v) is 22.3. The summed E-state index contributed by atoms with van der Waals surface area (Å²) >= 11 is 0. The predicted molar refractivity (Wildman–Crippen MR) is 150 cm³/mol. The highest BCUT2D eigenvalue weighted by Crippen LogP contribution is 2.41. The summed E-state index contributed by atoms with van der Waals surface area (Å²) in [5.41, 5.74) is -0.0286. The lowest BCUT2D eigenvalue weighted by Crippen LogP contribution is -2.61. The molecule has 6 atom stereocenters. The van der Waals surface area contributed by atoms with Gasteiger partial charge in [-0.25, -0.2) is 4.79 Å². The van der Waals surface area contributed by atoms with Crippen molar-refractivity contribution in [2.75, 3.05) is 13.7 Å². The lowest BCUT2D eigenvalue weighted by molar-refractivity contribution is -0.129. The van der Waals surface area contributed by atoms with E-state index in [-0.39, 0.29) is 20.0 Å². The van der Waals surface area contributed by atoms with E-state index in [0.717, 1.165) is 37.2 Å². The summed E-state index contributed by atoms with van der Waals surface area (Å²) in [6, 6.07) is 15.1. The second-order valence-corrected chi connectivity index (χ2v) is 10.9. The van der Waals surface area contributed by atoms with Crippen LogP contribution < -0.4 is 15.4 Å². The van der Waals surface area contributed by atoms with Crippen molar-refractivity contribution in [1.82, 2.24) is 10.6 Å². The number of hydrogen-bond acceptors (Lipinski definition) is 6. The van der Waals surface area contributed by atoms with E-state index < -0.39 is 36.3 Å². The number of aliphatic hydroxyl groups excluding tert-OH is 2. The molecule has 0 aliphatic heterocycles. The molecule has 2 aromatic rings. The van der Waals surface area contributed by atoms with Gasteiger partial charge in [-0.15, -0.1) is 0 Å². The molecule has 2 saturated carbocycles. The predicted octanol–water partition coefficient (Wildman–Crippen LogP) is 4.54. The molecule has 39 heavy (non-hydrogen) atoms. The van der Waals surface area contributed by atoms with E-state index >= 15 is 0 Å². The standard InChI is InChI=1S/C30H40N2O6.CH4/c1-30(18-21-11-14-24(37-2)15-12-21,28(35)31-25(19-33)27(34)22-8-4-3-5-9-22)32-29(36)38-26-16-13-20-7-6-10-23(26)17-20;/h3-5,8-9,11-12,14-15,20,23,25-27,33-34H,6-7,10,13,16-19H2,1-2H3,(H,31,35)(H,32,36);1H4. The molecule has 2 aromatic carbocycles. The van der Waals surface area contributed by atoms with Gasteiger partial charge in [0, 0.05) is 6.42 Å². The number of methoxy groups -OCH3 is 1. The third-order valence-electron chi connectivity index (χ3n) is 8.10. The van der Waals surface area contributed by atoms with Crippen molar-refractivity contribution in [1.29, 1.82) is 0 Å². The maximum atomic E-state index is 13.7. The third-order valence-corrected chi connectivity index (χ3v) is 8.10. The molecule has 0 heterocycles. The van der Waals surface area contributed by atoms with Gasteiger partial charge in [0.15, 0.2) is 0 Å². The van der Waals surface area contributed by atoms with Crippen LogP contribution in [0.2, 0.25) is 0 Å². The molecule has 2 fully saturated rings. The zero-order chi connectivity index (χ0) is 27.1. The van der Waals surface area contributed by atoms with Crippen LogP contribution in [0.4, 0.5) is 4.79 Å². The molecule has 8 heteroatoms. The number of rotatable bonds is 10. The minimum Gasteiger partial charge on any atom is -0.497 e. The molecule has 4 N–H and O–H groups in total. The average Bonchev–Trinajstić information content (AvgIpc) is 2.93. The van der Waals surface area contributed by atoms with Crippen LogP contribution in [0.5, 0.6) is 5.75 Å². The molecule has 2 aliphatic carbocycles. The molecule has 0 radical (unpaired) electrons. The fraction of sp³-hybridized carbons (Fsp3) is 0.548. The van der Waals surface area contributed by atoms with E-state index in [4.69, 9.17) is 9.47 Å². The average molecular weight is 541 g/mol. The molecule has 0 spiro atoms.